The van der Waals surface area contributed by atoms with Gasteiger partial charge in [0, 0.05) is 40.0 Å². The molecule has 18 heteroatoms. The quantitative estimate of drug-likeness (QED) is 0.164. The van der Waals surface area contributed by atoms with Crippen LogP contribution in [0.4, 0.5) is 4.39 Å². The van der Waals surface area contributed by atoms with Gasteiger partial charge in [-0.15, -0.1) is 0 Å². The Labute approximate surface area is 364 Å². The number of likely N-dealkylation sites (N-methyl/N-ethyl adjacent to an activating group) is 1. The number of hydrogen-bond donors (Lipinski definition) is 2. The Balaban J connectivity index is 1.20. The molecule has 0 fully saturated rings. The number of nitrogens with one attached hydrogen (secondary N) is 2. The van der Waals surface area contributed by atoms with Crippen LogP contribution < -0.4 is 9.44 Å². The molecule has 2 aromatic carbocycles. The van der Waals surface area contributed by atoms with Crippen LogP contribution in [0.3, 0.4) is 0 Å². The molecule has 2 aliphatic rings. The van der Waals surface area contributed by atoms with Crippen LogP contribution in [-0.4, -0.2) is 98.7 Å². The molecule has 3 amide bonds. The van der Waals surface area contributed by atoms with Crippen LogP contribution in [-0.2, 0) is 80.7 Å². The molecule has 0 radical (unpaired) electrons. The number of sulfonamides is 2. The maximum Gasteiger partial charge on any atom is 0.283 e. The largest absolute Gasteiger partial charge is 0.343 e. The minimum atomic E-state index is -4.46. The molecule has 0 saturated heterocycles. The van der Waals surface area contributed by atoms with Crippen LogP contribution >= 0.6 is 0 Å². The van der Waals surface area contributed by atoms with Gasteiger partial charge in [-0.2, -0.15) is 27.0 Å². The minimum absolute atomic E-state index is 0.0288. The summed E-state index contributed by atoms with van der Waals surface area (Å²) in [5.41, 5.74) is 6.58. The maximum absolute atomic E-state index is 15.4. The van der Waals surface area contributed by atoms with Crippen LogP contribution in [0.1, 0.15) is 114 Å². The van der Waals surface area contributed by atoms with Crippen LogP contribution in [0, 0.1) is 11.7 Å². The summed E-state index contributed by atoms with van der Waals surface area (Å²) in [6.45, 7) is 10.3. The van der Waals surface area contributed by atoms with E-state index in [2.05, 4.69) is 25.7 Å². The number of nitrogens with zero attached hydrogens (tertiary/aromatic N) is 6. The number of carbonyl (C=O) groups is 3. The Kier molecular flexibility index (Phi) is 13.3. The van der Waals surface area contributed by atoms with Crippen LogP contribution in [0.25, 0.3) is 0 Å². The number of halogens is 1. The molecule has 62 heavy (non-hydrogen) atoms. The Morgan fingerprint density at radius 3 is 2.10 bits per heavy atom. The first-order valence-corrected chi connectivity index (χ1v) is 23.9. The highest BCUT2D eigenvalue weighted by Gasteiger charge is 2.34. The number of hydrogen-bond acceptors (Lipinski definition) is 10. The first-order valence-electron chi connectivity index (χ1n) is 20.9. The Bertz CT molecular complexity index is 2630. The standard InChI is InChI=1S/C44H59FN8O7S2/c1-26(2)33-20-31(45)21-34(37(33)23-40(55)49-62(59,60)42-24-38(52(10)46-42)43(56)51(8)9)27(3)16-28-17-30-19-29-12-11-13-32(29)36(35(30)18-28)22-39(54)48-61(57,58)41-14-15-53(47-41)44(4,5)25-50(6)7/h14-15,19-21,24,26-28H,11-13,16-18,22-23,25H2,1-10H3,(H,48,54)(H,49,55). The summed E-state index contributed by atoms with van der Waals surface area (Å²) in [6.07, 6.45) is 5.73. The fraction of sp³-hybridized carbons (Fsp3) is 0.523. The van der Waals surface area contributed by atoms with E-state index in [1.807, 2.05) is 53.6 Å². The van der Waals surface area contributed by atoms with E-state index in [0.29, 0.717) is 42.5 Å². The van der Waals surface area contributed by atoms with Crippen molar-refractivity contribution in [3.8, 4) is 0 Å². The molecule has 0 aliphatic heterocycles. The average molecular weight is 895 g/mol. The lowest BCUT2D eigenvalue weighted by Crippen LogP contribution is -2.38. The zero-order chi connectivity index (χ0) is 45.6. The van der Waals surface area contributed by atoms with E-state index in [9.17, 15) is 31.2 Å². The van der Waals surface area contributed by atoms with E-state index in [-0.39, 0.29) is 41.3 Å². The third-order valence-electron chi connectivity index (χ3n) is 11.9. The second-order valence-corrected chi connectivity index (χ2v) is 21.6. The highest BCUT2D eigenvalue weighted by Crippen LogP contribution is 2.41. The van der Waals surface area contributed by atoms with Gasteiger partial charge in [0.25, 0.3) is 26.0 Å². The summed E-state index contributed by atoms with van der Waals surface area (Å²) >= 11 is 0. The Morgan fingerprint density at radius 2 is 1.47 bits per heavy atom. The van der Waals surface area contributed by atoms with Gasteiger partial charge in [0.05, 0.1) is 18.4 Å². The molecule has 2 heterocycles. The van der Waals surface area contributed by atoms with E-state index in [1.54, 1.807) is 10.9 Å². The van der Waals surface area contributed by atoms with Crippen molar-refractivity contribution >= 4 is 37.8 Å². The molecule has 0 spiro atoms. The Hall–Kier alpha value is -4.94. The van der Waals surface area contributed by atoms with Crippen molar-refractivity contribution < 1.29 is 35.6 Å². The van der Waals surface area contributed by atoms with E-state index >= 15 is 4.39 Å². The van der Waals surface area contributed by atoms with Crippen molar-refractivity contribution in [2.45, 2.75) is 113 Å². The lowest BCUT2D eigenvalue weighted by atomic mass is 9.82. The highest BCUT2D eigenvalue weighted by atomic mass is 32.2. The number of carbonyl (C=O) groups excluding carboxylic acids is 3. The molecule has 0 bridgehead atoms. The second kappa shape index (κ2) is 17.7. The lowest BCUT2D eigenvalue weighted by Gasteiger charge is -2.28. The Morgan fingerprint density at radius 1 is 0.839 bits per heavy atom. The van der Waals surface area contributed by atoms with Gasteiger partial charge < -0.3 is 9.80 Å². The van der Waals surface area contributed by atoms with Gasteiger partial charge in [0.1, 0.15) is 11.5 Å². The predicted octanol–water partition coefficient (Wildman–Crippen LogP) is 4.37. The molecule has 2 aliphatic carbocycles. The van der Waals surface area contributed by atoms with Crippen LogP contribution in [0.15, 0.2) is 46.6 Å². The summed E-state index contributed by atoms with van der Waals surface area (Å²) in [7, 11) is -0.367. The first kappa shape index (κ1) is 46.6. The average Bonchev–Trinajstić information content (AvgIpc) is 3.97. The number of amides is 3. The fourth-order valence-corrected chi connectivity index (χ4v) is 11.2. The van der Waals surface area contributed by atoms with E-state index in [4.69, 9.17) is 0 Å². The SMILES string of the molecule is CC(C)c1cc(F)cc(C(C)CC2Cc3cc4c(c(CC(=O)NS(=O)(=O)c5ccn(C(C)(C)CN(C)C)n5)c3C2)CCC4)c1CC(=O)NS(=O)(=O)c1cc(C(=O)N(C)C)n(C)n1. The molecule has 6 rings (SSSR count). The number of rotatable bonds is 16. The van der Waals surface area contributed by atoms with Crippen molar-refractivity contribution in [3.05, 3.63) is 92.5 Å². The number of aryl methyl sites for hydroxylation is 2. The first-order chi connectivity index (χ1) is 28.9. The normalized spacial score (nSPS) is 15.8. The molecule has 2 unspecified atom stereocenters. The zero-order valence-electron chi connectivity index (χ0n) is 37.3. The van der Waals surface area contributed by atoms with E-state index in [0.717, 1.165) is 52.3 Å². The summed E-state index contributed by atoms with van der Waals surface area (Å²) in [4.78, 5) is 43.0. The zero-order valence-corrected chi connectivity index (χ0v) is 38.9. The fourth-order valence-electron chi connectivity index (χ4n) is 9.33. The van der Waals surface area contributed by atoms with Gasteiger partial charge in [-0.05, 0) is 147 Å². The van der Waals surface area contributed by atoms with Crippen LogP contribution in [0.5, 0.6) is 0 Å². The lowest BCUT2D eigenvalue weighted by molar-refractivity contribution is -0.119. The summed E-state index contributed by atoms with van der Waals surface area (Å²) in [6, 6.07) is 7.54. The topological polar surface area (TPSA) is 186 Å². The van der Waals surface area contributed by atoms with Gasteiger partial charge >= 0.3 is 0 Å². The summed E-state index contributed by atoms with van der Waals surface area (Å²) in [5.74, 6) is -2.72. The molecule has 2 atom stereocenters. The molecular formula is C44H59FN8O7S2. The van der Waals surface area contributed by atoms with Crippen molar-refractivity contribution in [1.82, 2.24) is 38.8 Å². The monoisotopic (exact) mass is 894 g/mol. The van der Waals surface area contributed by atoms with E-state index in [1.165, 1.54) is 49.8 Å². The van der Waals surface area contributed by atoms with Gasteiger partial charge in [-0.1, -0.05) is 26.8 Å². The van der Waals surface area contributed by atoms with Crippen molar-refractivity contribution in [2.75, 3.05) is 34.7 Å². The molecular weight excluding hydrogens is 836 g/mol. The van der Waals surface area contributed by atoms with Crippen molar-refractivity contribution in [1.29, 1.82) is 0 Å². The smallest absolute Gasteiger partial charge is 0.283 e. The van der Waals surface area contributed by atoms with E-state index < -0.39 is 54.2 Å². The number of fused-ring (bicyclic) bond motifs is 2. The van der Waals surface area contributed by atoms with Gasteiger partial charge in [0.2, 0.25) is 11.8 Å². The van der Waals surface area contributed by atoms with Crippen molar-refractivity contribution in [3.63, 3.8) is 0 Å². The number of benzene rings is 2. The van der Waals surface area contributed by atoms with Gasteiger partial charge in [0.15, 0.2) is 10.1 Å². The summed E-state index contributed by atoms with van der Waals surface area (Å²) in [5, 5.41) is 7.59. The van der Waals surface area contributed by atoms with Gasteiger partial charge in [-0.25, -0.2) is 13.8 Å². The molecule has 0 saturated carbocycles. The predicted molar refractivity (Wildman–Crippen MR) is 232 cm³/mol. The minimum Gasteiger partial charge on any atom is -0.343 e. The van der Waals surface area contributed by atoms with Gasteiger partial charge in [-0.3, -0.25) is 23.7 Å². The third-order valence-corrected chi connectivity index (χ3v) is 14.5. The molecule has 15 nitrogen and oxygen atoms in total. The maximum atomic E-state index is 15.4. The highest BCUT2D eigenvalue weighted by molar-refractivity contribution is 7.90. The molecule has 2 aromatic heterocycles. The molecule has 2 N–H and O–H groups in total. The molecule has 336 valence electrons. The summed E-state index contributed by atoms with van der Waals surface area (Å²) < 4.78 is 76.0. The van der Waals surface area contributed by atoms with Crippen LogP contribution in [0.2, 0.25) is 0 Å². The molecule has 4 aromatic rings. The third kappa shape index (κ3) is 9.97. The second-order valence-electron chi connectivity index (χ2n) is 18.4. The van der Waals surface area contributed by atoms with Crippen molar-refractivity contribution in [2.24, 2.45) is 13.0 Å². The number of aromatic nitrogens is 4.